The zero-order chi connectivity index (χ0) is 14.8. The monoisotopic (exact) mass is 281 g/mol. The summed E-state index contributed by atoms with van der Waals surface area (Å²) in [5.41, 5.74) is 0.493. The Morgan fingerprint density at radius 2 is 2.10 bits per heavy atom. The van der Waals surface area contributed by atoms with Crippen LogP contribution in [-0.2, 0) is 5.41 Å². The minimum absolute atomic E-state index is 0.188. The summed E-state index contributed by atoms with van der Waals surface area (Å²) in [6, 6.07) is 4.04. The van der Waals surface area contributed by atoms with Gasteiger partial charge in [-0.1, -0.05) is 33.3 Å². The Morgan fingerprint density at radius 1 is 1.35 bits per heavy atom. The lowest BCUT2D eigenvalue weighted by Gasteiger charge is -2.35. The molecule has 0 heterocycles. The van der Waals surface area contributed by atoms with Crippen molar-refractivity contribution in [1.29, 1.82) is 0 Å². The smallest absolute Gasteiger partial charge is 0.129 e. The van der Waals surface area contributed by atoms with E-state index in [1.165, 1.54) is 6.07 Å². The third-order valence-corrected chi connectivity index (χ3v) is 4.66. The highest BCUT2D eigenvalue weighted by atomic mass is 19.1. The van der Waals surface area contributed by atoms with E-state index in [9.17, 15) is 8.78 Å². The van der Waals surface area contributed by atoms with Gasteiger partial charge >= 0.3 is 0 Å². The predicted octanol–water partition coefficient (Wildman–Crippen LogP) is 4.27. The van der Waals surface area contributed by atoms with E-state index in [1.54, 1.807) is 6.07 Å². The van der Waals surface area contributed by atoms with Crippen molar-refractivity contribution in [2.45, 2.75) is 45.4 Å². The maximum Gasteiger partial charge on any atom is 0.129 e. The van der Waals surface area contributed by atoms with Gasteiger partial charge in [-0.3, -0.25) is 0 Å². The third kappa shape index (κ3) is 3.03. The van der Waals surface area contributed by atoms with E-state index in [1.807, 2.05) is 0 Å². The van der Waals surface area contributed by atoms with Crippen LogP contribution >= 0.6 is 0 Å². The lowest BCUT2D eigenvalue weighted by atomic mass is 9.72. The van der Waals surface area contributed by atoms with Gasteiger partial charge in [0.05, 0.1) is 0 Å². The molecule has 1 nitrogen and oxygen atoms in total. The van der Waals surface area contributed by atoms with Gasteiger partial charge < -0.3 is 5.32 Å². The second kappa shape index (κ2) is 6.21. The first-order chi connectivity index (χ1) is 9.45. The lowest BCUT2D eigenvalue weighted by molar-refractivity contribution is 0.301. The van der Waals surface area contributed by atoms with Crippen LogP contribution in [0.3, 0.4) is 0 Å². The van der Waals surface area contributed by atoms with Crippen LogP contribution in [0.15, 0.2) is 18.2 Å². The number of benzene rings is 1. The van der Waals surface area contributed by atoms with E-state index >= 15 is 0 Å². The van der Waals surface area contributed by atoms with Crippen LogP contribution in [0.25, 0.3) is 0 Å². The van der Waals surface area contributed by atoms with E-state index in [0.717, 1.165) is 38.4 Å². The Morgan fingerprint density at radius 3 is 2.65 bits per heavy atom. The highest BCUT2D eigenvalue weighted by molar-refractivity contribution is 5.30. The number of hydrogen-bond donors (Lipinski definition) is 1. The van der Waals surface area contributed by atoms with Gasteiger partial charge in [-0.2, -0.15) is 0 Å². The average Bonchev–Trinajstić information content (AvgIpc) is 2.71. The summed E-state index contributed by atoms with van der Waals surface area (Å²) in [6.45, 7) is 8.21. The molecule has 0 bridgehead atoms. The van der Waals surface area contributed by atoms with Gasteiger partial charge in [-0.05, 0) is 42.9 Å². The van der Waals surface area contributed by atoms with Gasteiger partial charge in [0.1, 0.15) is 11.6 Å². The number of rotatable bonds is 5. The molecule has 2 unspecified atom stereocenters. The molecule has 2 rings (SSSR count). The molecule has 3 heteroatoms. The molecule has 1 aromatic rings. The van der Waals surface area contributed by atoms with Crippen LogP contribution < -0.4 is 5.32 Å². The molecular weight excluding hydrogens is 256 g/mol. The van der Waals surface area contributed by atoms with Gasteiger partial charge in [0.2, 0.25) is 0 Å². The fourth-order valence-corrected chi connectivity index (χ4v) is 3.48. The largest absolute Gasteiger partial charge is 0.316 e. The van der Waals surface area contributed by atoms with Gasteiger partial charge in [-0.15, -0.1) is 0 Å². The summed E-state index contributed by atoms with van der Waals surface area (Å²) in [6.07, 6.45) is 3.20. The van der Waals surface area contributed by atoms with Gasteiger partial charge in [0, 0.05) is 18.0 Å². The molecule has 1 N–H and O–H groups in total. The third-order valence-electron chi connectivity index (χ3n) is 4.66. The van der Waals surface area contributed by atoms with E-state index < -0.39 is 11.6 Å². The molecule has 1 fully saturated rings. The summed E-state index contributed by atoms with van der Waals surface area (Å²) < 4.78 is 27.4. The number of hydrogen-bond acceptors (Lipinski definition) is 1. The van der Waals surface area contributed by atoms with Crippen molar-refractivity contribution in [3.05, 3.63) is 35.4 Å². The Bertz CT molecular complexity index is 458. The molecule has 1 aromatic carbocycles. The highest BCUT2D eigenvalue weighted by Gasteiger charge is 2.43. The van der Waals surface area contributed by atoms with Crippen LogP contribution in [0.1, 0.15) is 45.6 Å². The first-order valence-electron chi connectivity index (χ1n) is 7.62. The molecule has 0 aromatic heterocycles. The van der Waals surface area contributed by atoms with E-state index in [-0.39, 0.29) is 5.41 Å². The van der Waals surface area contributed by atoms with E-state index in [2.05, 4.69) is 26.1 Å². The molecule has 1 saturated carbocycles. The maximum absolute atomic E-state index is 14.2. The molecule has 1 aliphatic rings. The number of halogens is 2. The average molecular weight is 281 g/mol. The molecular formula is C17H25F2N. The number of nitrogens with one attached hydrogen (secondary N) is 1. The molecule has 2 atom stereocenters. The van der Waals surface area contributed by atoms with Crippen LogP contribution in [0.2, 0.25) is 0 Å². The maximum atomic E-state index is 14.2. The Balaban J connectivity index is 2.27. The summed E-state index contributed by atoms with van der Waals surface area (Å²) in [5.74, 6) is 0.0937. The van der Waals surface area contributed by atoms with Crippen LogP contribution in [-0.4, -0.2) is 13.1 Å². The van der Waals surface area contributed by atoms with Crippen LogP contribution in [0.4, 0.5) is 8.78 Å². The fraction of sp³-hybridized carbons (Fsp3) is 0.647. The zero-order valence-corrected chi connectivity index (χ0v) is 12.7. The van der Waals surface area contributed by atoms with Crippen molar-refractivity contribution < 1.29 is 8.78 Å². The quantitative estimate of drug-likeness (QED) is 0.850. The highest BCUT2D eigenvalue weighted by Crippen LogP contribution is 2.46. The molecule has 1 aliphatic carbocycles. The van der Waals surface area contributed by atoms with Crippen molar-refractivity contribution >= 4 is 0 Å². The van der Waals surface area contributed by atoms with Gasteiger partial charge in [-0.25, -0.2) is 8.78 Å². The fourth-order valence-electron chi connectivity index (χ4n) is 3.48. The predicted molar refractivity (Wildman–Crippen MR) is 78.8 cm³/mol. The van der Waals surface area contributed by atoms with Gasteiger partial charge in [0.15, 0.2) is 0 Å². The summed E-state index contributed by atoms with van der Waals surface area (Å²) in [5, 5.41) is 3.48. The van der Waals surface area contributed by atoms with Crippen molar-refractivity contribution in [1.82, 2.24) is 5.32 Å². The normalized spacial score (nSPS) is 26.4. The second-order valence-corrected chi connectivity index (χ2v) is 6.60. The standard InChI is InChI=1S/C17H25F2N/c1-12(2)10-20-11-17(8-4-5-13(17)3)15-7-6-14(18)9-16(15)19/h6-7,9,12-13,20H,4-5,8,10-11H2,1-3H3. The molecule has 20 heavy (non-hydrogen) atoms. The van der Waals surface area contributed by atoms with E-state index in [0.29, 0.717) is 17.4 Å². The van der Waals surface area contributed by atoms with E-state index in [4.69, 9.17) is 0 Å². The summed E-state index contributed by atoms with van der Waals surface area (Å²) in [4.78, 5) is 0. The lowest BCUT2D eigenvalue weighted by Crippen LogP contribution is -2.42. The molecule has 112 valence electrons. The summed E-state index contributed by atoms with van der Waals surface area (Å²) >= 11 is 0. The zero-order valence-electron chi connectivity index (χ0n) is 12.7. The summed E-state index contributed by atoms with van der Waals surface area (Å²) in [7, 11) is 0. The first kappa shape index (κ1) is 15.4. The van der Waals surface area contributed by atoms with Crippen molar-refractivity contribution in [2.24, 2.45) is 11.8 Å². The van der Waals surface area contributed by atoms with Crippen molar-refractivity contribution in [3.8, 4) is 0 Å². The SMILES string of the molecule is CC(C)CNCC1(c2ccc(F)cc2F)CCCC1C. The molecule has 0 saturated heterocycles. The minimum atomic E-state index is -0.498. The Hall–Kier alpha value is -0.960. The topological polar surface area (TPSA) is 12.0 Å². The van der Waals surface area contributed by atoms with Crippen molar-refractivity contribution in [2.75, 3.05) is 13.1 Å². The molecule has 0 amide bonds. The second-order valence-electron chi connectivity index (χ2n) is 6.60. The molecule has 0 radical (unpaired) electrons. The minimum Gasteiger partial charge on any atom is -0.316 e. The molecule has 0 spiro atoms. The van der Waals surface area contributed by atoms with Crippen LogP contribution in [0.5, 0.6) is 0 Å². The molecule has 0 aliphatic heterocycles. The van der Waals surface area contributed by atoms with Crippen LogP contribution in [0, 0.1) is 23.5 Å². The first-order valence-corrected chi connectivity index (χ1v) is 7.62. The van der Waals surface area contributed by atoms with Gasteiger partial charge in [0.25, 0.3) is 0 Å². The van der Waals surface area contributed by atoms with Crippen molar-refractivity contribution in [3.63, 3.8) is 0 Å². The Kier molecular flexibility index (Phi) is 4.79. The Labute approximate surface area is 120 Å².